The predicted octanol–water partition coefficient (Wildman–Crippen LogP) is 0.768. The smallest absolute Gasteiger partial charge is 1.00 e. The van der Waals surface area contributed by atoms with Crippen molar-refractivity contribution < 1.29 is 118 Å². The molecule has 0 radical (unpaired) electrons. The molecule has 0 bridgehead atoms. The monoisotopic (exact) mass is 921 g/mol. The van der Waals surface area contributed by atoms with E-state index < -0.39 is 14.9 Å². The Bertz CT molecular complexity index is 58.0. The van der Waals surface area contributed by atoms with Gasteiger partial charge < -0.3 is 0 Å². The second-order valence-corrected chi connectivity index (χ2v) is 86.6. The van der Waals surface area contributed by atoms with Crippen LogP contribution in [0, 0.1) is 0 Å². The van der Waals surface area contributed by atoms with E-state index in [1.54, 1.807) is 0 Å². The van der Waals surface area contributed by atoms with Crippen LogP contribution in [0.1, 0.15) is 0 Å². The first-order chi connectivity index (χ1) is 4.00. The Morgan fingerprint density at radius 1 is 0.417 bits per heavy atom. The Kier molecular flexibility index (Phi) is 37.7. The molecule has 0 unspecified atom stereocenters. The molecule has 12 heteroatoms. The third kappa shape index (κ3) is 78.7. The van der Waals surface area contributed by atoms with Crippen molar-refractivity contribution in [3.63, 3.8) is 0 Å². The van der Waals surface area contributed by atoms with Gasteiger partial charge in [0.05, 0.1) is 0 Å². The van der Waals surface area contributed by atoms with E-state index in [0.29, 0.717) is 0 Å². The quantitative estimate of drug-likeness (QED) is 0.316. The van der Waals surface area contributed by atoms with Crippen LogP contribution >= 0.6 is 107 Å². The van der Waals surface area contributed by atoms with Gasteiger partial charge in [0.2, 0.25) is 0 Å². The van der Waals surface area contributed by atoms with Gasteiger partial charge in [-0.1, -0.05) is 0 Å². The summed E-state index contributed by atoms with van der Waals surface area (Å²) in [6, 6.07) is 0. The summed E-state index contributed by atoms with van der Waals surface area (Å²) < 4.78 is 0. The first-order valence-electron chi connectivity index (χ1n) is 0.956. The molecule has 0 saturated heterocycles. The Labute approximate surface area is 217 Å². The van der Waals surface area contributed by atoms with Gasteiger partial charge in [0.25, 0.3) is 0 Å². The van der Waals surface area contributed by atoms with E-state index in [-0.39, 0.29) is 103 Å². The molecule has 0 rings (SSSR count). The fourth-order valence-electron chi connectivity index (χ4n) is 0. The van der Waals surface area contributed by atoms with Gasteiger partial charge in [0.1, 0.15) is 0 Å². The fourth-order valence-corrected chi connectivity index (χ4v) is 0. The van der Waals surface area contributed by atoms with Crippen molar-refractivity contribution in [3.05, 3.63) is 0 Å². The first-order valence-corrected chi connectivity index (χ1v) is 29.4. The molecule has 0 N–H and O–H groups in total. The maximum atomic E-state index is 3.28. The molecule has 12 heavy (non-hydrogen) atoms. The average Bonchev–Trinajstić information content (AvgIpc) is 1.12. The molecule has 0 atom stereocenters. The van der Waals surface area contributed by atoms with Gasteiger partial charge >= 0.3 is 225 Å². The van der Waals surface area contributed by atoms with Gasteiger partial charge in [0, 0.05) is 0 Å². The molecule has 0 fully saturated rings. The predicted molar refractivity (Wildman–Crippen MR) is 71.4 cm³/mol. The van der Waals surface area contributed by atoms with Crippen LogP contribution in [0.5, 0.6) is 0 Å². The number of rotatable bonds is 0. The van der Waals surface area contributed by atoms with Crippen molar-refractivity contribution >= 4 is 107 Å². The summed E-state index contributed by atoms with van der Waals surface area (Å²) in [7, 11) is -2.90. The molecule has 0 aliphatic heterocycles. The van der Waals surface area contributed by atoms with Gasteiger partial charge in [-0.05, 0) is 0 Å². The van der Waals surface area contributed by atoms with Crippen molar-refractivity contribution in [2.45, 2.75) is 0 Å². The van der Waals surface area contributed by atoms with E-state index in [1.807, 2.05) is 0 Å². The van der Waals surface area contributed by atoms with Gasteiger partial charge in [-0.25, -0.2) is 0 Å². The van der Waals surface area contributed by atoms with Gasteiger partial charge in [0.15, 0.2) is 0 Å². The van der Waals surface area contributed by atoms with Crippen LogP contribution in [-0.2, 0) is 14.9 Å². The standard InChI is InChI=1S/8BrH.2K.2Pd/h8*1H;;;;/q;;;;;;;;2*+1;2*+3/p-8. The number of halogens is 8. The topological polar surface area (TPSA) is 0 Å². The Morgan fingerprint density at radius 3 is 0.417 bits per heavy atom. The summed E-state index contributed by atoms with van der Waals surface area (Å²) in [5.74, 6) is 0. The van der Waals surface area contributed by atoms with Crippen LogP contribution < -0.4 is 103 Å². The van der Waals surface area contributed by atoms with E-state index in [9.17, 15) is 0 Å². The summed E-state index contributed by atoms with van der Waals surface area (Å²) in [6.07, 6.45) is 0. The van der Waals surface area contributed by atoms with Gasteiger partial charge in [-0.15, -0.1) is 0 Å². The second kappa shape index (κ2) is 15.8. The number of hydrogen-bond acceptors (Lipinski definition) is 0. The average molecular weight is 930 g/mol. The van der Waals surface area contributed by atoms with Gasteiger partial charge in [-0.3, -0.25) is 0 Å². The van der Waals surface area contributed by atoms with E-state index >= 15 is 0 Å². The second-order valence-electron chi connectivity index (χ2n) is 0.542. The van der Waals surface area contributed by atoms with E-state index in [1.165, 1.54) is 0 Å². The van der Waals surface area contributed by atoms with Crippen LogP contribution in [0.15, 0.2) is 0 Å². The van der Waals surface area contributed by atoms with Crippen LogP contribution in [0.4, 0.5) is 0 Å². The molecule has 0 nitrogen and oxygen atoms in total. The minimum Gasteiger partial charge on any atom is 1.00 e. The fraction of sp³-hybridized carbons (Fsp3) is 0. The summed E-state index contributed by atoms with van der Waals surface area (Å²) in [4.78, 5) is 0. The molecule has 0 aliphatic rings. The summed E-state index contributed by atoms with van der Waals surface area (Å²) >= 11 is 26.2. The zero-order valence-electron chi connectivity index (χ0n) is 5.66. The minimum absolute atomic E-state index is 0. The van der Waals surface area contributed by atoms with Crippen molar-refractivity contribution in [2.75, 3.05) is 0 Å². The largest absolute Gasteiger partial charge is 1.00 e. The molecular formula is Br8K2Pd2. The van der Waals surface area contributed by atoms with Crippen molar-refractivity contribution in [1.29, 1.82) is 0 Å². The molecule has 0 aromatic heterocycles. The molecule has 0 amide bonds. The molecule has 0 aliphatic carbocycles. The molecular weight excluding hydrogens is 930 g/mol. The first kappa shape index (κ1) is 28.6. The van der Waals surface area contributed by atoms with Crippen molar-refractivity contribution in [1.82, 2.24) is 0 Å². The SMILES string of the molecule is [Br][Pd-]([Br])([Br])[Br].[Br][Pd-]([Br])([Br])[Br].[K+].[K+]. The maximum absolute atomic E-state index is 3.28. The summed E-state index contributed by atoms with van der Waals surface area (Å²) in [5, 5.41) is 0. The zero-order valence-corrected chi connectivity index (χ0v) is 27.7. The summed E-state index contributed by atoms with van der Waals surface area (Å²) in [6.45, 7) is 0. The Hall–Kier alpha value is 8.44. The molecule has 0 aromatic rings. The van der Waals surface area contributed by atoms with E-state index in [4.69, 9.17) is 0 Å². The van der Waals surface area contributed by atoms with Crippen molar-refractivity contribution in [2.24, 2.45) is 0 Å². The third-order valence-electron chi connectivity index (χ3n) is 0. The zero-order chi connectivity index (χ0) is 9.00. The maximum Gasteiger partial charge on any atom is 1.00 e. The molecule has 0 heterocycles. The Morgan fingerprint density at radius 2 is 0.417 bits per heavy atom. The van der Waals surface area contributed by atoms with Crippen LogP contribution in [0.3, 0.4) is 0 Å². The van der Waals surface area contributed by atoms with Gasteiger partial charge in [-0.2, -0.15) is 0 Å². The molecule has 0 aromatic carbocycles. The molecule has 78 valence electrons. The van der Waals surface area contributed by atoms with Crippen LogP contribution in [0.25, 0.3) is 0 Å². The molecule has 0 spiro atoms. The molecule has 0 saturated carbocycles. The van der Waals surface area contributed by atoms with Crippen molar-refractivity contribution in [3.8, 4) is 0 Å². The third-order valence-corrected chi connectivity index (χ3v) is 0. The van der Waals surface area contributed by atoms with E-state index in [0.717, 1.165) is 0 Å². The normalized spacial score (nSPS) is 12.7. The minimum atomic E-state index is -1.45. The Balaban J connectivity index is -0.0000000457. The van der Waals surface area contributed by atoms with E-state index in [2.05, 4.69) is 107 Å². The van der Waals surface area contributed by atoms with Crippen LogP contribution in [-0.4, -0.2) is 0 Å². The number of hydrogen-bond donors (Lipinski definition) is 0. The summed E-state index contributed by atoms with van der Waals surface area (Å²) in [5.41, 5.74) is 0. The van der Waals surface area contributed by atoms with Crippen LogP contribution in [0.2, 0.25) is 0 Å².